The van der Waals surface area contributed by atoms with Gasteiger partial charge in [-0.25, -0.2) is 8.42 Å². The van der Waals surface area contributed by atoms with Gasteiger partial charge in [-0.3, -0.25) is 0 Å². The van der Waals surface area contributed by atoms with Crippen molar-refractivity contribution in [3.8, 4) is 0 Å². The van der Waals surface area contributed by atoms with Gasteiger partial charge >= 0.3 is 0 Å². The number of nitrogens with two attached hydrogens (primary N) is 1. The van der Waals surface area contributed by atoms with Gasteiger partial charge in [0.15, 0.2) is 9.84 Å². The molecule has 1 aliphatic carbocycles. The zero-order chi connectivity index (χ0) is 15.7. The maximum atomic E-state index is 11.5. The summed E-state index contributed by atoms with van der Waals surface area (Å²) >= 11 is 0. The highest BCUT2D eigenvalue weighted by molar-refractivity contribution is 7.90. The van der Waals surface area contributed by atoms with Gasteiger partial charge in [0.1, 0.15) is 0 Å². The normalized spacial score (nSPS) is 21.7. The van der Waals surface area contributed by atoms with Gasteiger partial charge in [-0.05, 0) is 36.6 Å². The Morgan fingerprint density at radius 1 is 1.33 bits per heavy atom. The minimum atomic E-state index is -3.16. The highest BCUT2D eigenvalue weighted by atomic mass is 32.2. The van der Waals surface area contributed by atoms with Crippen molar-refractivity contribution in [1.29, 1.82) is 0 Å². The molecule has 0 amide bonds. The highest BCUT2D eigenvalue weighted by Crippen LogP contribution is 2.30. The van der Waals surface area contributed by atoms with Gasteiger partial charge in [0.05, 0.1) is 16.3 Å². The molecule has 0 saturated heterocycles. The van der Waals surface area contributed by atoms with E-state index in [9.17, 15) is 8.42 Å². The van der Waals surface area contributed by atoms with E-state index in [1.54, 1.807) is 12.1 Å². The van der Waals surface area contributed by atoms with E-state index >= 15 is 0 Å². The molecule has 0 saturated carbocycles. The van der Waals surface area contributed by atoms with Crippen molar-refractivity contribution in [3.63, 3.8) is 0 Å². The van der Waals surface area contributed by atoms with Crippen LogP contribution in [0.2, 0.25) is 0 Å². The van der Waals surface area contributed by atoms with Crippen LogP contribution in [0, 0.1) is 0 Å². The summed E-state index contributed by atoms with van der Waals surface area (Å²) in [6, 6.07) is 6.94. The van der Waals surface area contributed by atoms with E-state index in [4.69, 9.17) is 5.73 Å². The fraction of sp³-hybridized carbons (Fsp3) is 0.250. The average molecular weight is 304 g/mol. The Morgan fingerprint density at radius 3 is 2.48 bits per heavy atom. The number of allylic oxidation sites excluding steroid dienone is 2. The topological polar surface area (TPSA) is 72.2 Å². The zero-order valence-corrected chi connectivity index (χ0v) is 13.1. The van der Waals surface area contributed by atoms with E-state index in [1.807, 2.05) is 37.3 Å². The van der Waals surface area contributed by atoms with Crippen molar-refractivity contribution in [2.75, 3.05) is 6.26 Å². The highest BCUT2D eigenvalue weighted by Gasteiger charge is 2.25. The fourth-order valence-corrected chi connectivity index (χ4v) is 3.09. The van der Waals surface area contributed by atoms with E-state index in [0.717, 1.165) is 17.6 Å². The molecule has 1 aliphatic rings. The Morgan fingerprint density at radius 2 is 1.95 bits per heavy atom. The minimum Gasteiger partial charge on any atom is -0.386 e. The van der Waals surface area contributed by atoms with Crippen molar-refractivity contribution in [2.24, 2.45) is 5.73 Å². The zero-order valence-electron chi connectivity index (χ0n) is 12.3. The first-order valence-electron chi connectivity index (χ1n) is 6.61. The number of nitrogens with one attached hydrogen (secondary N) is 1. The molecule has 0 bridgehead atoms. The van der Waals surface area contributed by atoms with Gasteiger partial charge < -0.3 is 11.1 Å². The van der Waals surface area contributed by atoms with Crippen molar-refractivity contribution in [3.05, 3.63) is 60.5 Å². The van der Waals surface area contributed by atoms with Crippen LogP contribution in [-0.2, 0) is 9.84 Å². The van der Waals surface area contributed by atoms with Crippen LogP contribution in [0.1, 0.15) is 18.9 Å². The van der Waals surface area contributed by atoms with E-state index in [-0.39, 0.29) is 5.54 Å². The molecule has 1 atom stereocenters. The van der Waals surface area contributed by atoms with Crippen LogP contribution in [0.15, 0.2) is 59.8 Å². The standard InChI is InChI=1S/C16H20N2O2S/c1-12(17)18-16(2)10-4-5-14(11-16)13-6-8-15(9-7-13)21(3,19)20/h4-10,18H,1,11,17H2,2-3H3. The summed E-state index contributed by atoms with van der Waals surface area (Å²) in [6.45, 7) is 5.72. The Hall–Kier alpha value is -2.01. The fourth-order valence-electron chi connectivity index (χ4n) is 2.46. The van der Waals surface area contributed by atoms with Gasteiger partial charge in [0, 0.05) is 6.26 Å². The third kappa shape index (κ3) is 3.76. The summed E-state index contributed by atoms with van der Waals surface area (Å²) in [5, 5.41) is 3.15. The van der Waals surface area contributed by atoms with Crippen molar-refractivity contribution in [1.82, 2.24) is 5.32 Å². The molecule has 0 spiro atoms. The molecule has 112 valence electrons. The predicted molar refractivity (Wildman–Crippen MR) is 86.2 cm³/mol. The lowest BCUT2D eigenvalue weighted by Gasteiger charge is -2.32. The third-order valence-electron chi connectivity index (χ3n) is 3.42. The van der Waals surface area contributed by atoms with Crippen molar-refractivity contribution >= 4 is 15.4 Å². The molecule has 1 unspecified atom stereocenters. The van der Waals surface area contributed by atoms with Gasteiger partial charge in [0.25, 0.3) is 0 Å². The molecule has 4 nitrogen and oxygen atoms in total. The second-order valence-electron chi connectivity index (χ2n) is 5.59. The van der Waals surface area contributed by atoms with Crippen LogP contribution in [0.3, 0.4) is 0 Å². The SMILES string of the molecule is C=C(N)NC1(C)C=CC=C(c2ccc(S(C)(=O)=O)cc2)C1. The summed E-state index contributed by atoms with van der Waals surface area (Å²) < 4.78 is 23.0. The number of rotatable bonds is 4. The Kier molecular flexibility index (Phi) is 3.96. The molecular weight excluding hydrogens is 284 g/mol. The summed E-state index contributed by atoms with van der Waals surface area (Å²) in [7, 11) is -3.16. The molecule has 1 aromatic rings. The lowest BCUT2D eigenvalue weighted by molar-refractivity contribution is 0.489. The van der Waals surface area contributed by atoms with Crippen LogP contribution < -0.4 is 11.1 Å². The maximum absolute atomic E-state index is 11.5. The molecule has 0 aliphatic heterocycles. The van der Waals surface area contributed by atoms with Crippen LogP contribution >= 0.6 is 0 Å². The molecule has 3 N–H and O–H groups in total. The second kappa shape index (κ2) is 5.41. The maximum Gasteiger partial charge on any atom is 0.175 e. The van der Waals surface area contributed by atoms with Crippen LogP contribution in [0.5, 0.6) is 0 Å². The molecule has 0 fully saturated rings. The van der Waals surface area contributed by atoms with Gasteiger partial charge in [-0.1, -0.05) is 36.9 Å². The Bertz CT molecular complexity index is 715. The van der Waals surface area contributed by atoms with E-state index in [2.05, 4.69) is 11.9 Å². The molecule has 21 heavy (non-hydrogen) atoms. The van der Waals surface area contributed by atoms with Crippen molar-refractivity contribution in [2.45, 2.75) is 23.8 Å². The molecular formula is C16H20N2O2S. The number of sulfone groups is 1. The second-order valence-corrected chi connectivity index (χ2v) is 7.61. The lowest BCUT2D eigenvalue weighted by atomic mass is 9.85. The largest absolute Gasteiger partial charge is 0.386 e. The van der Waals surface area contributed by atoms with E-state index in [0.29, 0.717) is 10.7 Å². The monoisotopic (exact) mass is 304 g/mol. The van der Waals surface area contributed by atoms with Crippen LogP contribution in [0.4, 0.5) is 0 Å². The molecule has 0 aromatic heterocycles. The minimum absolute atomic E-state index is 0.286. The third-order valence-corrected chi connectivity index (χ3v) is 4.55. The van der Waals surface area contributed by atoms with Crippen LogP contribution in [-0.4, -0.2) is 20.2 Å². The first kappa shape index (κ1) is 15.4. The van der Waals surface area contributed by atoms with Gasteiger partial charge in [-0.15, -0.1) is 0 Å². The van der Waals surface area contributed by atoms with Gasteiger partial charge in [-0.2, -0.15) is 0 Å². The first-order chi connectivity index (χ1) is 9.70. The summed E-state index contributed by atoms with van der Waals surface area (Å²) in [5.41, 5.74) is 7.47. The lowest BCUT2D eigenvalue weighted by Crippen LogP contribution is -2.42. The van der Waals surface area contributed by atoms with Crippen molar-refractivity contribution < 1.29 is 8.42 Å². The summed E-state index contributed by atoms with van der Waals surface area (Å²) in [5.74, 6) is 0.427. The summed E-state index contributed by atoms with van der Waals surface area (Å²) in [4.78, 5) is 0.328. The number of benzene rings is 1. The van der Waals surface area contributed by atoms with E-state index in [1.165, 1.54) is 6.26 Å². The van der Waals surface area contributed by atoms with E-state index < -0.39 is 9.84 Å². The molecule has 1 aromatic carbocycles. The first-order valence-corrected chi connectivity index (χ1v) is 8.50. The quantitative estimate of drug-likeness (QED) is 0.894. The predicted octanol–water partition coefficient (Wildman–Crippen LogP) is 2.21. The Labute approximate surface area is 126 Å². The Balaban J connectivity index is 2.25. The molecule has 0 radical (unpaired) electrons. The number of hydrogen-bond acceptors (Lipinski definition) is 4. The van der Waals surface area contributed by atoms with Gasteiger partial charge in [0.2, 0.25) is 0 Å². The van der Waals surface area contributed by atoms with Crippen LogP contribution in [0.25, 0.3) is 5.57 Å². The number of hydrogen-bond donors (Lipinski definition) is 2. The molecule has 0 heterocycles. The summed E-state index contributed by atoms with van der Waals surface area (Å²) in [6.07, 6.45) is 7.99. The molecule has 2 rings (SSSR count). The smallest absolute Gasteiger partial charge is 0.175 e. The molecule has 5 heteroatoms. The average Bonchev–Trinajstić information content (AvgIpc) is 2.36.